The van der Waals surface area contributed by atoms with Crippen molar-refractivity contribution in [2.24, 2.45) is 0 Å². The summed E-state index contributed by atoms with van der Waals surface area (Å²) in [5.41, 5.74) is 1.95. The Morgan fingerprint density at radius 1 is 1.35 bits per heavy atom. The Labute approximate surface area is 165 Å². The maximum Gasteiger partial charge on any atom is 0.185 e. The first-order valence-electron chi connectivity index (χ1n) is 8.80. The number of aromatic nitrogens is 2. The lowest BCUT2D eigenvalue weighted by molar-refractivity contribution is 0.164. The number of hydrogen-bond acceptors (Lipinski definition) is 4. The molecule has 26 heavy (non-hydrogen) atoms. The first-order chi connectivity index (χ1) is 12.3. The normalized spacial score (nSPS) is 19.3. The lowest BCUT2D eigenvalue weighted by Crippen LogP contribution is -2.38. The summed E-state index contributed by atoms with van der Waals surface area (Å²) in [6, 6.07) is 5.84. The van der Waals surface area contributed by atoms with Gasteiger partial charge >= 0.3 is 0 Å². The van der Waals surface area contributed by atoms with Crippen molar-refractivity contribution in [1.29, 1.82) is 0 Å². The van der Waals surface area contributed by atoms with Crippen LogP contribution in [0.5, 0.6) is 0 Å². The van der Waals surface area contributed by atoms with Crippen molar-refractivity contribution < 1.29 is 8.42 Å². The fourth-order valence-electron chi connectivity index (χ4n) is 3.48. The first kappa shape index (κ1) is 19.6. The van der Waals surface area contributed by atoms with Crippen molar-refractivity contribution in [1.82, 2.24) is 14.0 Å². The fraction of sp³-hybridized carbons (Fsp3) is 0.500. The van der Waals surface area contributed by atoms with E-state index in [1.807, 2.05) is 46.7 Å². The van der Waals surface area contributed by atoms with Crippen molar-refractivity contribution in [2.75, 3.05) is 18.1 Å². The summed E-state index contributed by atoms with van der Waals surface area (Å²) in [6.07, 6.45) is 5.56. The minimum atomic E-state index is -2.91. The van der Waals surface area contributed by atoms with E-state index in [0.717, 1.165) is 24.2 Å². The summed E-state index contributed by atoms with van der Waals surface area (Å²) in [6.45, 7) is 5.53. The summed E-state index contributed by atoms with van der Waals surface area (Å²) >= 11 is 11.9. The third kappa shape index (κ3) is 4.06. The number of rotatable bonds is 6. The zero-order valence-corrected chi connectivity index (χ0v) is 17.4. The number of imidazole rings is 1. The third-order valence-electron chi connectivity index (χ3n) is 4.92. The minimum absolute atomic E-state index is 0.0677. The monoisotopic (exact) mass is 413 g/mol. The van der Waals surface area contributed by atoms with E-state index in [2.05, 4.69) is 11.8 Å². The predicted octanol–water partition coefficient (Wildman–Crippen LogP) is 3.83. The summed E-state index contributed by atoms with van der Waals surface area (Å²) in [5.74, 6) is 0.528. The molecule has 0 amide bonds. The Kier molecular flexibility index (Phi) is 5.91. The van der Waals surface area contributed by atoms with Gasteiger partial charge in [-0.05, 0) is 56.2 Å². The highest BCUT2D eigenvalue weighted by Crippen LogP contribution is 2.23. The highest BCUT2D eigenvalue weighted by molar-refractivity contribution is 7.91. The molecule has 0 spiro atoms. The van der Waals surface area contributed by atoms with E-state index in [1.54, 1.807) is 0 Å². The second kappa shape index (κ2) is 7.84. The predicted molar refractivity (Wildman–Crippen MR) is 108 cm³/mol. The Balaban J connectivity index is 1.87. The minimum Gasteiger partial charge on any atom is -0.310 e. The SMILES string of the molecule is CCCN(Cn1ccn(-c2cccc(Cl)c2C)c1=S)C1CCS(=O)(=O)C1. The van der Waals surface area contributed by atoms with Gasteiger partial charge in [-0.25, -0.2) is 8.42 Å². The van der Waals surface area contributed by atoms with Gasteiger partial charge < -0.3 is 4.57 Å². The van der Waals surface area contributed by atoms with Crippen LogP contribution in [-0.2, 0) is 16.5 Å². The molecule has 0 saturated carbocycles. The third-order valence-corrected chi connectivity index (χ3v) is 7.51. The average molecular weight is 414 g/mol. The molecule has 0 radical (unpaired) electrons. The average Bonchev–Trinajstić information content (AvgIpc) is 3.13. The molecule has 2 aromatic rings. The molecule has 1 aliphatic heterocycles. The molecule has 2 heterocycles. The van der Waals surface area contributed by atoms with Crippen molar-refractivity contribution >= 4 is 33.7 Å². The van der Waals surface area contributed by atoms with Crippen molar-refractivity contribution in [2.45, 2.75) is 39.4 Å². The van der Waals surface area contributed by atoms with Gasteiger partial charge in [0.25, 0.3) is 0 Å². The molecule has 1 aromatic carbocycles. The molecule has 1 fully saturated rings. The highest BCUT2D eigenvalue weighted by Gasteiger charge is 2.32. The van der Waals surface area contributed by atoms with Crippen LogP contribution >= 0.6 is 23.8 Å². The summed E-state index contributed by atoms with van der Waals surface area (Å²) in [4.78, 5) is 2.23. The van der Waals surface area contributed by atoms with Gasteiger partial charge in [0.2, 0.25) is 0 Å². The molecule has 5 nitrogen and oxygen atoms in total. The number of nitrogens with zero attached hydrogens (tertiary/aromatic N) is 3. The van der Waals surface area contributed by atoms with Gasteiger partial charge in [0.1, 0.15) is 0 Å². The number of hydrogen-bond donors (Lipinski definition) is 0. The van der Waals surface area contributed by atoms with Crippen LogP contribution in [0.1, 0.15) is 25.3 Å². The van der Waals surface area contributed by atoms with Crippen LogP contribution in [0.4, 0.5) is 0 Å². The largest absolute Gasteiger partial charge is 0.310 e. The number of benzene rings is 1. The molecule has 1 unspecified atom stereocenters. The fourth-order valence-corrected chi connectivity index (χ4v) is 5.69. The van der Waals surface area contributed by atoms with Gasteiger partial charge in [0.05, 0.1) is 23.9 Å². The van der Waals surface area contributed by atoms with Gasteiger partial charge in [0.15, 0.2) is 14.6 Å². The first-order valence-corrected chi connectivity index (χ1v) is 11.4. The van der Waals surface area contributed by atoms with Crippen LogP contribution in [0.3, 0.4) is 0 Å². The van der Waals surface area contributed by atoms with E-state index >= 15 is 0 Å². The molecular formula is C18H24ClN3O2S2. The maximum absolute atomic E-state index is 11.9. The van der Waals surface area contributed by atoms with Crippen molar-refractivity contribution in [3.8, 4) is 5.69 Å². The molecule has 0 bridgehead atoms. The zero-order valence-electron chi connectivity index (χ0n) is 15.1. The van der Waals surface area contributed by atoms with E-state index in [-0.39, 0.29) is 17.5 Å². The van der Waals surface area contributed by atoms with Gasteiger partial charge in [-0.3, -0.25) is 9.47 Å². The van der Waals surface area contributed by atoms with E-state index in [0.29, 0.717) is 22.9 Å². The standard InChI is InChI=1S/C18H24ClN3O2S2/c1-3-8-20(15-7-11-26(23,24)12-15)13-21-9-10-22(18(21)25)17-6-4-5-16(19)14(17)2/h4-6,9-10,15H,3,7-8,11-13H2,1-2H3. The molecule has 3 rings (SSSR count). The van der Waals surface area contributed by atoms with Crippen LogP contribution in [-0.4, -0.2) is 46.5 Å². The van der Waals surface area contributed by atoms with Crippen LogP contribution in [0, 0.1) is 11.7 Å². The van der Waals surface area contributed by atoms with Crippen molar-refractivity contribution in [3.63, 3.8) is 0 Å². The quantitative estimate of drug-likeness (QED) is 0.675. The molecule has 8 heteroatoms. The second-order valence-corrected chi connectivity index (χ2v) is 9.82. The zero-order chi connectivity index (χ0) is 18.9. The molecule has 0 aliphatic carbocycles. The van der Waals surface area contributed by atoms with Crippen LogP contribution in [0.15, 0.2) is 30.6 Å². The topological polar surface area (TPSA) is 47.2 Å². The summed E-state index contributed by atoms with van der Waals surface area (Å²) in [5, 5.41) is 0.709. The molecule has 1 saturated heterocycles. The summed E-state index contributed by atoms with van der Waals surface area (Å²) in [7, 11) is -2.91. The van der Waals surface area contributed by atoms with E-state index in [9.17, 15) is 8.42 Å². The van der Waals surface area contributed by atoms with Gasteiger partial charge in [-0.2, -0.15) is 0 Å². The van der Waals surface area contributed by atoms with Gasteiger partial charge in [-0.15, -0.1) is 0 Å². The van der Waals surface area contributed by atoms with Gasteiger partial charge in [-0.1, -0.05) is 24.6 Å². The molecule has 0 N–H and O–H groups in total. The summed E-state index contributed by atoms with van der Waals surface area (Å²) < 4.78 is 28.3. The molecule has 1 aromatic heterocycles. The van der Waals surface area contributed by atoms with Crippen molar-refractivity contribution in [3.05, 3.63) is 45.9 Å². The lowest BCUT2D eigenvalue weighted by atomic mass is 10.2. The van der Waals surface area contributed by atoms with Crippen LogP contribution in [0.2, 0.25) is 5.02 Å². The van der Waals surface area contributed by atoms with Gasteiger partial charge in [0, 0.05) is 23.5 Å². The number of sulfone groups is 1. The Hall–Kier alpha value is -1.15. The lowest BCUT2D eigenvalue weighted by Gasteiger charge is -2.27. The molecule has 1 atom stereocenters. The Morgan fingerprint density at radius 3 is 2.77 bits per heavy atom. The Bertz CT molecular complexity index is 950. The van der Waals surface area contributed by atoms with Crippen LogP contribution in [0.25, 0.3) is 5.69 Å². The van der Waals surface area contributed by atoms with E-state index < -0.39 is 9.84 Å². The second-order valence-electron chi connectivity index (χ2n) is 6.82. The maximum atomic E-state index is 11.9. The number of halogens is 1. The highest BCUT2D eigenvalue weighted by atomic mass is 35.5. The van der Waals surface area contributed by atoms with Crippen LogP contribution < -0.4 is 0 Å². The molecular weight excluding hydrogens is 390 g/mol. The molecule has 142 valence electrons. The smallest absolute Gasteiger partial charge is 0.185 e. The van der Waals surface area contributed by atoms with E-state index in [1.165, 1.54) is 0 Å². The van der Waals surface area contributed by atoms with E-state index in [4.69, 9.17) is 23.8 Å². The Morgan fingerprint density at radius 2 is 2.12 bits per heavy atom. The molecule has 1 aliphatic rings.